The van der Waals surface area contributed by atoms with Gasteiger partial charge in [0.15, 0.2) is 0 Å². The summed E-state index contributed by atoms with van der Waals surface area (Å²) in [4.78, 5) is 4.17. The zero-order valence-electron chi connectivity index (χ0n) is 23.2. The molecule has 198 valence electrons. The zero-order valence-corrected chi connectivity index (χ0v) is 23.2. The van der Waals surface area contributed by atoms with Crippen LogP contribution in [0.5, 0.6) is 0 Å². The predicted octanol–water partition coefficient (Wildman–Crippen LogP) is 7.36. The number of hydrogen-bond acceptors (Lipinski definition) is 5. The van der Waals surface area contributed by atoms with Gasteiger partial charge in [0.05, 0.1) is 16.9 Å². The first-order chi connectivity index (χ1) is 19.2. The average Bonchev–Trinajstić information content (AvgIpc) is 3.19. The van der Waals surface area contributed by atoms with Crippen molar-refractivity contribution in [2.24, 2.45) is 0 Å². The third-order valence-electron chi connectivity index (χ3n) is 8.04. The van der Waals surface area contributed by atoms with E-state index >= 15 is 0 Å². The molecule has 1 aromatic heterocycles. The van der Waals surface area contributed by atoms with Crippen molar-refractivity contribution in [3.8, 4) is 11.1 Å². The van der Waals surface area contributed by atoms with Crippen molar-refractivity contribution in [1.29, 1.82) is 5.41 Å². The van der Waals surface area contributed by atoms with Crippen molar-refractivity contribution in [1.82, 2.24) is 4.98 Å². The maximum absolute atomic E-state index is 9.31. The van der Waals surface area contributed by atoms with Gasteiger partial charge < -0.3 is 14.6 Å². The van der Waals surface area contributed by atoms with E-state index in [-0.39, 0.29) is 0 Å². The molecule has 5 nitrogen and oxygen atoms in total. The molecule has 0 bridgehead atoms. The highest BCUT2D eigenvalue weighted by Crippen LogP contribution is 2.37. The van der Waals surface area contributed by atoms with Crippen LogP contribution >= 0.6 is 0 Å². The van der Waals surface area contributed by atoms with Crippen molar-refractivity contribution in [2.45, 2.75) is 38.9 Å². The van der Waals surface area contributed by atoms with Crippen molar-refractivity contribution >= 4 is 40.4 Å². The first kappa shape index (κ1) is 26.0. The fraction of sp³-hybridized carbons (Fsp3) is 0.176. The third-order valence-corrected chi connectivity index (χ3v) is 8.04. The standard InChI is InChI=1S/C34H32BN3O2/c1-33(2)34(3,4)40-35(39-33)27-11-8-12-28(22-27)38-30-16-15-24-13-14-26(23-17-19-37-20-18-23)21-29(24)31(30)32(36)25-9-6-5-7-10-25/h5-22,36,38H,1-4H3. The fourth-order valence-electron chi connectivity index (χ4n) is 5.06. The quantitative estimate of drug-likeness (QED) is 0.180. The fourth-order valence-corrected chi connectivity index (χ4v) is 5.06. The van der Waals surface area contributed by atoms with Crippen molar-refractivity contribution in [2.75, 3.05) is 5.32 Å². The minimum absolute atomic E-state index is 0.413. The molecule has 1 aliphatic rings. The highest BCUT2D eigenvalue weighted by atomic mass is 16.7. The molecule has 0 aliphatic carbocycles. The Balaban J connectivity index is 1.44. The lowest BCUT2D eigenvalue weighted by atomic mass is 9.79. The van der Waals surface area contributed by atoms with Gasteiger partial charge in [-0.3, -0.25) is 10.4 Å². The number of aromatic nitrogens is 1. The first-order valence-electron chi connectivity index (χ1n) is 13.6. The molecule has 0 unspecified atom stereocenters. The Labute approximate surface area is 235 Å². The monoisotopic (exact) mass is 525 g/mol. The topological polar surface area (TPSA) is 67.2 Å². The van der Waals surface area contributed by atoms with E-state index in [1.165, 1.54) is 0 Å². The molecule has 2 N–H and O–H groups in total. The number of nitrogens with one attached hydrogen (secondary N) is 2. The van der Waals surface area contributed by atoms with Gasteiger partial charge in [-0.2, -0.15) is 0 Å². The number of nitrogens with zero attached hydrogens (tertiary/aromatic N) is 1. The van der Waals surface area contributed by atoms with Crippen LogP contribution in [0.3, 0.4) is 0 Å². The highest BCUT2D eigenvalue weighted by molar-refractivity contribution is 6.62. The van der Waals surface area contributed by atoms with Gasteiger partial charge in [-0.1, -0.05) is 60.7 Å². The van der Waals surface area contributed by atoms with Gasteiger partial charge >= 0.3 is 7.12 Å². The number of fused-ring (bicyclic) bond motifs is 1. The zero-order chi connectivity index (χ0) is 27.9. The lowest BCUT2D eigenvalue weighted by molar-refractivity contribution is 0.00578. The van der Waals surface area contributed by atoms with Crippen LogP contribution in [0.1, 0.15) is 38.8 Å². The highest BCUT2D eigenvalue weighted by Gasteiger charge is 2.51. The van der Waals surface area contributed by atoms with Crippen LogP contribution in [0.15, 0.2) is 109 Å². The van der Waals surface area contributed by atoms with E-state index in [0.29, 0.717) is 5.71 Å². The van der Waals surface area contributed by atoms with Gasteiger partial charge in [0, 0.05) is 34.9 Å². The van der Waals surface area contributed by atoms with Gasteiger partial charge in [0.2, 0.25) is 0 Å². The third kappa shape index (κ3) is 4.81. The number of rotatable bonds is 6. The molecule has 0 amide bonds. The summed E-state index contributed by atoms with van der Waals surface area (Å²) in [5.41, 5.74) is 6.22. The minimum Gasteiger partial charge on any atom is -0.399 e. The molecule has 5 aromatic rings. The number of anilines is 2. The molecule has 0 spiro atoms. The van der Waals surface area contributed by atoms with E-state index in [1.807, 2.05) is 60.7 Å². The van der Waals surface area contributed by atoms with E-state index in [2.05, 4.69) is 74.4 Å². The van der Waals surface area contributed by atoms with E-state index in [1.54, 1.807) is 12.4 Å². The molecule has 6 rings (SSSR count). The maximum atomic E-state index is 9.31. The maximum Gasteiger partial charge on any atom is 0.494 e. The van der Waals surface area contributed by atoms with Crippen molar-refractivity contribution in [3.63, 3.8) is 0 Å². The Morgan fingerprint density at radius 2 is 1.45 bits per heavy atom. The summed E-state index contributed by atoms with van der Waals surface area (Å²) in [6.07, 6.45) is 3.61. The summed E-state index contributed by atoms with van der Waals surface area (Å²) >= 11 is 0. The Bertz CT molecular complexity index is 1690. The number of pyridine rings is 1. The van der Waals surface area contributed by atoms with Crippen LogP contribution in [0.2, 0.25) is 0 Å². The molecule has 0 radical (unpaired) electrons. The predicted molar refractivity (Wildman–Crippen MR) is 165 cm³/mol. The second-order valence-electron chi connectivity index (χ2n) is 11.2. The number of benzene rings is 4. The molecule has 1 saturated heterocycles. The second-order valence-corrected chi connectivity index (χ2v) is 11.2. The van der Waals surface area contributed by atoms with E-state index in [4.69, 9.17) is 9.31 Å². The summed E-state index contributed by atoms with van der Waals surface area (Å²) in [6.45, 7) is 8.25. The molecule has 40 heavy (non-hydrogen) atoms. The van der Waals surface area contributed by atoms with Crippen LogP contribution < -0.4 is 10.8 Å². The van der Waals surface area contributed by atoms with Crippen LogP contribution in [-0.4, -0.2) is 29.0 Å². The van der Waals surface area contributed by atoms with Crippen LogP contribution in [0, 0.1) is 5.41 Å². The van der Waals surface area contributed by atoms with Gasteiger partial charge in [0.25, 0.3) is 0 Å². The Kier molecular flexibility index (Phi) is 6.53. The lowest BCUT2D eigenvalue weighted by Gasteiger charge is -2.32. The second kappa shape index (κ2) is 10.0. The Morgan fingerprint density at radius 1 is 0.750 bits per heavy atom. The summed E-state index contributed by atoms with van der Waals surface area (Å²) in [6, 6.07) is 32.6. The molecular weight excluding hydrogens is 493 g/mol. The van der Waals surface area contributed by atoms with E-state index in [9.17, 15) is 5.41 Å². The molecule has 0 atom stereocenters. The average molecular weight is 525 g/mol. The first-order valence-corrected chi connectivity index (χ1v) is 13.6. The minimum atomic E-state index is -0.451. The van der Waals surface area contributed by atoms with Crippen LogP contribution in [0.25, 0.3) is 21.9 Å². The SMILES string of the molecule is CC1(C)OB(c2cccc(Nc3ccc4ccc(-c5ccncc5)cc4c3C(=N)c3ccccc3)c2)OC1(C)C. The molecular formula is C34H32BN3O2. The number of hydrogen-bond donors (Lipinski definition) is 2. The molecule has 0 saturated carbocycles. The summed E-state index contributed by atoms with van der Waals surface area (Å²) < 4.78 is 12.6. The van der Waals surface area contributed by atoms with Crippen molar-refractivity contribution < 1.29 is 9.31 Å². The molecule has 1 aliphatic heterocycles. The smallest absolute Gasteiger partial charge is 0.399 e. The lowest BCUT2D eigenvalue weighted by Crippen LogP contribution is -2.41. The Hall–Kier alpha value is -4.26. The molecule has 2 heterocycles. The Morgan fingerprint density at radius 3 is 2.17 bits per heavy atom. The molecule has 6 heteroatoms. The van der Waals surface area contributed by atoms with Crippen molar-refractivity contribution in [3.05, 3.63) is 121 Å². The van der Waals surface area contributed by atoms with Gasteiger partial charge in [-0.05, 0) is 91.5 Å². The van der Waals surface area contributed by atoms with Gasteiger partial charge in [-0.15, -0.1) is 0 Å². The van der Waals surface area contributed by atoms with E-state index in [0.717, 1.165) is 49.9 Å². The summed E-state index contributed by atoms with van der Waals surface area (Å²) in [5.74, 6) is 0. The normalized spacial score (nSPS) is 15.8. The van der Waals surface area contributed by atoms with Gasteiger partial charge in [0.1, 0.15) is 0 Å². The summed E-state index contributed by atoms with van der Waals surface area (Å²) in [5, 5.41) is 15.0. The largest absolute Gasteiger partial charge is 0.494 e. The van der Waals surface area contributed by atoms with Crippen LogP contribution in [0.4, 0.5) is 11.4 Å². The molecule has 1 fully saturated rings. The van der Waals surface area contributed by atoms with Gasteiger partial charge in [-0.25, -0.2) is 0 Å². The van der Waals surface area contributed by atoms with E-state index < -0.39 is 18.3 Å². The van der Waals surface area contributed by atoms with Crippen LogP contribution in [-0.2, 0) is 9.31 Å². The summed E-state index contributed by atoms with van der Waals surface area (Å²) in [7, 11) is -0.451. The molecule has 4 aromatic carbocycles.